The summed E-state index contributed by atoms with van der Waals surface area (Å²) >= 11 is 2.99. The number of fused-ring (bicyclic) bond motifs is 1. The zero-order chi connectivity index (χ0) is 12.5. The molecule has 0 atom stereocenters. The van der Waals surface area contributed by atoms with Crippen LogP contribution in [0.4, 0.5) is 0 Å². The molecule has 6 heteroatoms. The number of thiazole rings is 2. The van der Waals surface area contributed by atoms with Gasteiger partial charge in [-0.3, -0.25) is 0 Å². The fraction of sp³-hybridized carbons (Fsp3) is 0.0833. The highest BCUT2D eigenvalue weighted by Crippen LogP contribution is 2.25. The van der Waals surface area contributed by atoms with Crippen LogP contribution in [0.1, 0.15) is 14.9 Å². The van der Waals surface area contributed by atoms with Gasteiger partial charge in [-0.2, -0.15) is 0 Å². The molecule has 0 saturated heterocycles. The van der Waals surface area contributed by atoms with Gasteiger partial charge in [0.2, 0.25) is 0 Å². The molecule has 0 bridgehead atoms. The van der Waals surface area contributed by atoms with Crippen molar-refractivity contribution >= 4 is 38.6 Å². The van der Waals surface area contributed by atoms with Gasteiger partial charge < -0.3 is 5.21 Å². The Labute approximate surface area is 111 Å². The fourth-order valence-corrected chi connectivity index (χ4v) is 3.38. The van der Waals surface area contributed by atoms with E-state index in [0.29, 0.717) is 15.7 Å². The number of aromatic nitrogens is 2. The molecular weight excluding hydrogens is 266 g/mol. The first-order chi connectivity index (χ1) is 8.78. The molecule has 2 heterocycles. The number of nitrogens with zero attached hydrogens (tertiary/aromatic N) is 3. The van der Waals surface area contributed by atoms with Gasteiger partial charge in [0.1, 0.15) is 10.0 Å². The second-order valence-electron chi connectivity index (χ2n) is 3.71. The van der Waals surface area contributed by atoms with Crippen molar-refractivity contribution in [3.63, 3.8) is 0 Å². The van der Waals surface area contributed by atoms with E-state index in [1.165, 1.54) is 22.7 Å². The predicted molar refractivity (Wildman–Crippen MR) is 73.9 cm³/mol. The van der Waals surface area contributed by atoms with Gasteiger partial charge in [0.15, 0.2) is 5.71 Å². The van der Waals surface area contributed by atoms with Crippen LogP contribution in [0.3, 0.4) is 0 Å². The van der Waals surface area contributed by atoms with Crippen LogP contribution in [-0.4, -0.2) is 20.9 Å². The van der Waals surface area contributed by atoms with E-state index in [1.807, 2.05) is 31.2 Å². The zero-order valence-electron chi connectivity index (χ0n) is 9.49. The molecule has 0 saturated carbocycles. The van der Waals surface area contributed by atoms with Gasteiger partial charge in [0.05, 0.1) is 10.2 Å². The highest BCUT2D eigenvalue weighted by atomic mass is 32.1. The first-order valence-corrected chi connectivity index (χ1v) is 6.92. The summed E-state index contributed by atoms with van der Waals surface area (Å²) in [4.78, 5) is 9.77. The third-order valence-electron chi connectivity index (χ3n) is 2.42. The van der Waals surface area contributed by atoms with E-state index in [2.05, 4.69) is 15.1 Å². The zero-order valence-corrected chi connectivity index (χ0v) is 11.1. The summed E-state index contributed by atoms with van der Waals surface area (Å²) in [6.07, 6.45) is 1.76. The maximum absolute atomic E-state index is 9.19. The SMILES string of the molecule is Cc1cnc(C(=NO)c2nc3ccccc3s2)s1. The molecule has 18 heavy (non-hydrogen) atoms. The van der Waals surface area contributed by atoms with Gasteiger partial charge in [0, 0.05) is 11.1 Å². The molecule has 2 aromatic heterocycles. The van der Waals surface area contributed by atoms with Gasteiger partial charge in [0.25, 0.3) is 0 Å². The first-order valence-electron chi connectivity index (χ1n) is 5.29. The summed E-state index contributed by atoms with van der Waals surface area (Å²) in [5.41, 5.74) is 1.35. The first kappa shape index (κ1) is 11.3. The molecular formula is C12H9N3OS2. The van der Waals surface area contributed by atoms with Crippen LogP contribution in [-0.2, 0) is 0 Å². The maximum Gasteiger partial charge on any atom is 0.174 e. The van der Waals surface area contributed by atoms with E-state index in [4.69, 9.17) is 0 Å². The standard InChI is InChI=1S/C12H9N3OS2/c1-7-6-13-11(17-7)10(15-16)12-14-8-4-2-3-5-9(8)18-12/h2-6,16H,1H3. The summed E-state index contributed by atoms with van der Waals surface area (Å²) in [6.45, 7) is 1.97. The van der Waals surface area contributed by atoms with E-state index in [1.54, 1.807) is 6.20 Å². The molecule has 0 radical (unpaired) electrons. The Morgan fingerprint density at radius 3 is 2.72 bits per heavy atom. The third-order valence-corrected chi connectivity index (χ3v) is 4.38. The smallest absolute Gasteiger partial charge is 0.174 e. The summed E-state index contributed by atoms with van der Waals surface area (Å²) in [5, 5.41) is 13.9. The molecule has 0 amide bonds. The van der Waals surface area contributed by atoms with Gasteiger partial charge >= 0.3 is 0 Å². The lowest BCUT2D eigenvalue weighted by atomic mass is 10.3. The number of rotatable bonds is 2. The Kier molecular flexibility index (Phi) is 2.81. The highest BCUT2D eigenvalue weighted by Gasteiger charge is 2.16. The molecule has 90 valence electrons. The average molecular weight is 275 g/mol. The number of aryl methyl sites for hydroxylation is 1. The Hall–Kier alpha value is -1.79. The number of hydrogen-bond acceptors (Lipinski definition) is 6. The van der Waals surface area contributed by atoms with E-state index in [0.717, 1.165) is 15.1 Å². The molecule has 4 nitrogen and oxygen atoms in total. The second-order valence-corrected chi connectivity index (χ2v) is 5.98. The molecule has 0 aliphatic rings. The normalized spacial score (nSPS) is 12.2. The number of benzene rings is 1. The quantitative estimate of drug-likeness (QED) is 0.443. The molecule has 1 N–H and O–H groups in total. The Morgan fingerprint density at radius 2 is 2.06 bits per heavy atom. The summed E-state index contributed by atoms with van der Waals surface area (Å²) in [7, 11) is 0. The van der Waals surface area contributed by atoms with Crippen molar-refractivity contribution in [1.82, 2.24) is 9.97 Å². The lowest BCUT2D eigenvalue weighted by Gasteiger charge is -1.93. The fourth-order valence-electron chi connectivity index (χ4n) is 1.61. The minimum Gasteiger partial charge on any atom is -0.410 e. The monoisotopic (exact) mass is 275 g/mol. The molecule has 0 aliphatic carbocycles. The molecule has 0 unspecified atom stereocenters. The van der Waals surface area contributed by atoms with Crippen molar-refractivity contribution in [2.45, 2.75) is 6.92 Å². The summed E-state index contributed by atoms with van der Waals surface area (Å²) < 4.78 is 1.07. The van der Waals surface area contributed by atoms with Gasteiger partial charge in [-0.1, -0.05) is 17.3 Å². The van der Waals surface area contributed by atoms with E-state index >= 15 is 0 Å². The topological polar surface area (TPSA) is 58.4 Å². The molecule has 0 spiro atoms. The van der Waals surface area contributed by atoms with Crippen molar-refractivity contribution in [2.75, 3.05) is 0 Å². The van der Waals surface area contributed by atoms with Crippen LogP contribution in [0.2, 0.25) is 0 Å². The van der Waals surface area contributed by atoms with Crippen molar-refractivity contribution < 1.29 is 5.21 Å². The van der Waals surface area contributed by atoms with Crippen molar-refractivity contribution in [1.29, 1.82) is 0 Å². The van der Waals surface area contributed by atoms with E-state index < -0.39 is 0 Å². The molecule has 3 rings (SSSR count). The molecule has 3 aromatic rings. The lowest BCUT2D eigenvalue weighted by Crippen LogP contribution is -2.01. The van der Waals surface area contributed by atoms with E-state index in [9.17, 15) is 5.21 Å². The largest absolute Gasteiger partial charge is 0.410 e. The van der Waals surface area contributed by atoms with Crippen LogP contribution in [0.15, 0.2) is 35.6 Å². The van der Waals surface area contributed by atoms with Crippen LogP contribution >= 0.6 is 22.7 Å². The van der Waals surface area contributed by atoms with Gasteiger partial charge in [-0.15, -0.1) is 22.7 Å². The maximum atomic E-state index is 9.19. The lowest BCUT2D eigenvalue weighted by molar-refractivity contribution is 0.319. The van der Waals surface area contributed by atoms with Crippen molar-refractivity contribution in [3.8, 4) is 0 Å². The Balaban J connectivity index is 2.12. The van der Waals surface area contributed by atoms with Crippen molar-refractivity contribution in [3.05, 3.63) is 45.4 Å². The third kappa shape index (κ3) is 1.89. The Morgan fingerprint density at radius 1 is 1.22 bits per heavy atom. The molecule has 0 aliphatic heterocycles. The minimum atomic E-state index is 0.439. The summed E-state index contributed by atoms with van der Waals surface area (Å²) in [5.74, 6) is 0. The van der Waals surface area contributed by atoms with Crippen LogP contribution in [0, 0.1) is 6.92 Å². The second kappa shape index (κ2) is 4.47. The minimum absolute atomic E-state index is 0.439. The summed E-state index contributed by atoms with van der Waals surface area (Å²) in [6, 6.07) is 7.85. The number of oxime groups is 1. The highest BCUT2D eigenvalue weighted by molar-refractivity contribution is 7.21. The van der Waals surface area contributed by atoms with Gasteiger partial charge in [-0.05, 0) is 19.1 Å². The molecule has 1 aromatic carbocycles. The number of hydrogen-bond donors (Lipinski definition) is 1. The average Bonchev–Trinajstić information content (AvgIpc) is 2.96. The van der Waals surface area contributed by atoms with E-state index in [-0.39, 0.29) is 0 Å². The number of para-hydroxylation sites is 1. The van der Waals surface area contributed by atoms with Gasteiger partial charge in [-0.25, -0.2) is 9.97 Å². The Bertz CT molecular complexity index is 697. The molecule has 0 fully saturated rings. The van der Waals surface area contributed by atoms with Crippen LogP contribution in [0.5, 0.6) is 0 Å². The van der Waals surface area contributed by atoms with Crippen LogP contribution < -0.4 is 0 Å². The van der Waals surface area contributed by atoms with Crippen LogP contribution in [0.25, 0.3) is 10.2 Å². The predicted octanol–water partition coefficient (Wildman–Crippen LogP) is 3.29. The van der Waals surface area contributed by atoms with Crippen molar-refractivity contribution in [2.24, 2.45) is 5.16 Å².